The van der Waals surface area contributed by atoms with Crippen LogP contribution in [0.3, 0.4) is 0 Å². The summed E-state index contributed by atoms with van der Waals surface area (Å²) in [6.07, 6.45) is 1.18. The van der Waals surface area contributed by atoms with Gasteiger partial charge in [0.2, 0.25) is 0 Å². The Hall–Kier alpha value is -1.80. The molecule has 2 nitrogen and oxygen atoms in total. The Morgan fingerprint density at radius 3 is 2.60 bits per heavy atom. The van der Waals surface area contributed by atoms with Gasteiger partial charge in [-0.25, -0.2) is 0 Å². The molecule has 0 amide bonds. The molecule has 0 aromatic heterocycles. The van der Waals surface area contributed by atoms with Gasteiger partial charge in [0.05, 0.1) is 0 Å². The minimum Gasteiger partial charge on any atom is -0.489 e. The topological polar surface area (TPSA) is 26.3 Å². The Bertz CT molecular complexity index is 552. The third kappa shape index (κ3) is 4.39. The number of hydrogen-bond acceptors (Lipinski definition) is 2. The number of benzene rings is 2. The summed E-state index contributed by atoms with van der Waals surface area (Å²) in [4.78, 5) is 11.9. The van der Waals surface area contributed by atoms with Crippen LogP contribution in [0.15, 0.2) is 54.6 Å². The lowest BCUT2D eigenvalue weighted by Crippen LogP contribution is -2.01. The summed E-state index contributed by atoms with van der Waals surface area (Å²) in [6, 6.07) is 17.3. The first-order valence-electron chi connectivity index (χ1n) is 6.65. The van der Waals surface area contributed by atoms with E-state index in [0.29, 0.717) is 36.6 Å². The molecular formula is C17H17ClO2. The zero-order valence-electron chi connectivity index (χ0n) is 11.2. The fraction of sp³-hybridized carbons (Fsp3) is 0.235. The minimum absolute atomic E-state index is 0.107. The van der Waals surface area contributed by atoms with Crippen LogP contribution >= 0.6 is 11.6 Å². The van der Waals surface area contributed by atoms with E-state index in [1.165, 1.54) is 0 Å². The summed E-state index contributed by atoms with van der Waals surface area (Å²) in [5.74, 6) is 1.33. The van der Waals surface area contributed by atoms with E-state index < -0.39 is 0 Å². The standard InChI is InChI=1S/C17H17ClO2/c18-11-5-10-17(19)15-8-4-9-16(12-15)20-13-14-6-2-1-3-7-14/h1-4,6-9,12H,5,10-11,13H2. The van der Waals surface area contributed by atoms with Gasteiger partial charge in [-0.3, -0.25) is 4.79 Å². The van der Waals surface area contributed by atoms with Crippen LogP contribution in [-0.4, -0.2) is 11.7 Å². The normalized spacial score (nSPS) is 10.2. The number of ether oxygens (including phenoxy) is 1. The van der Waals surface area contributed by atoms with E-state index in [9.17, 15) is 4.79 Å². The summed E-state index contributed by atoms with van der Waals surface area (Å²) >= 11 is 5.60. The molecule has 0 radical (unpaired) electrons. The van der Waals surface area contributed by atoms with Crippen molar-refractivity contribution in [3.8, 4) is 5.75 Å². The molecule has 0 aliphatic carbocycles. The highest BCUT2D eigenvalue weighted by Gasteiger charge is 2.06. The molecule has 0 fully saturated rings. The highest BCUT2D eigenvalue weighted by Crippen LogP contribution is 2.17. The maximum Gasteiger partial charge on any atom is 0.163 e. The number of ketones is 1. The molecule has 0 N–H and O–H groups in total. The summed E-state index contributed by atoms with van der Waals surface area (Å²) in [7, 11) is 0. The zero-order valence-corrected chi connectivity index (χ0v) is 12.0. The van der Waals surface area contributed by atoms with E-state index in [4.69, 9.17) is 16.3 Å². The van der Waals surface area contributed by atoms with Crippen molar-refractivity contribution in [2.75, 3.05) is 5.88 Å². The number of halogens is 1. The van der Waals surface area contributed by atoms with Crippen molar-refractivity contribution in [3.05, 3.63) is 65.7 Å². The molecule has 20 heavy (non-hydrogen) atoms. The SMILES string of the molecule is O=C(CCCCl)c1cccc(OCc2ccccc2)c1. The second kappa shape index (κ2) is 7.71. The molecule has 0 unspecified atom stereocenters. The maximum atomic E-state index is 11.9. The molecule has 2 aromatic carbocycles. The Kier molecular flexibility index (Phi) is 5.63. The molecule has 0 aliphatic heterocycles. The minimum atomic E-state index is 0.107. The Morgan fingerprint density at radius 2 is 1.85 bits per heavy atom. The van der Waals surface area contributed by atoms with Gasteiger partial charge in [-0.1, -0.05) is 42.5 Å². The largest absolute Gasteiger partial charge is 0.489 e. The van der Waals surface area contributed by atoms with Gasteiger partial charge in [0, 0.05) is 17.9 Å². The lowest BCUT2D eigenvalue weighted by molar-refractivity contribution is 0.0981. The molecule has 0 spiro atoms. The van der Waals surface area contributed by atoms with Crippen molar-refractivity contribution >= 4 is 17.4 Å². The highest BCUT2D eigenvalue weighted by atomic mass is 35.5. The first-order chi connectivity index (χ1) is 9.79. The van der Waals surface area contributed by atoms with Crippen molar-refractivity contribution in [1.82, 2.24) is 0 Å². The van der Waals surface area contributed by atoms with Crippen LogP contribution in [-0.2, 0) is 6.61 Å². The lowest BCUT2D eigenvalue weighted by Gasteiger charge is -2.07. The molecular weight excluding hydrogens is 272 g/mol. The Morgan fingerprint density at radius 1 is 1.05 bits per heavy atom. The van der Waals surface area contributed by atoms with Gasteiger partial charge in [-0.2, -0.15) is 0 Å². The summed E-state index contributed by atoms with van der Waals surface area (Å²) in [5, 5.41) is 0. The van der Waals surface area contributed by atoms with Crippen LogP contribution in [0, 0.1) is 0 Å². The van der Waals surface area contributed by atoms with Gasteiger partial charge in [-0.05, 0) is 24.1 Å². The van der Waals surface area contributed by atoms with Crippen molar-refractivity contribution in [2.24, 2.45) is 0 Å². The first kappa shape index (κ1) is 14.6. The molecule has 3 heteroatoms. The first-order valence-corrected chi connectivity index (χ1v) is 7.19. The van der Waals surface area contributed by atoms with Gasteiger partial charge in [0.15, 0.2) is 5.78 Å². The Balaban J connectivity index is 1.97. The summed E-state index contributed by atoms with van der Waals surface area (Å²) in [6.45, 7) is 0.500. The predicted molar refractivity (Wildman–Crippen MR) is 81.5 cm³/mol. The quantitative estimate of drug-likeness (QED) is 0.555. The molecule has 0 saturated heterocycles. The number of Topliss-reactive ketones (excluding diaryl/α,β-unsaturated/α-hetero) is 1. The van der Waals surface area contributed by atoms with Crippen LogP contribution in [0.25, 0.3) is 0 Å². The molecule has 0 aliphatic rings. The fourth-order valence-corrected chi connectivity index (χ4v) is 2.01. The number of carbonyl (C=O) groups is 1. The van der Waals surface area contributed by atoms with E-state index in [-0.39, 0.29) is 5.78 Å². The molecule has 0 heterocycles. The maximum absolute atomic E-state index is 11.9. The molecule has 2 aromatic rings. The van der Waals surface area contributed by atoms with Crippen molar-refractivity contribution in [3.63, 3.8) is 0 Å². The lowest BCUT2D eigenvalue weighted by atomic mass is 10.1. The van der Waals surface area contributed by atoms with Gasteiger partial charge in [0.25, 0.3) is 0 Å². The van der Waals surface area contributed by atoms with Crippen LogP contribution < -0.4 is 4.74 Å². The van der Waals surface area contributed by atoms with Crippen LogP contribution in [0.5, 0.6) is 5.75 Å². The fourth-order valence-electron chi connectivity index (χ4n) is 1.87. The average molecular weight is 289 g/mol. The molecule has 0 saturated carbocycles. The van der Waals surface area contributed by atoms with Crippen LogP contribution in [0.2, 0.25) is 0 Å². The average Bonchev–Trinajstić information content (AvgIpc) is 2.52. The van der Waals surface area contributed by atoms with Gasteiger partial charge >= 0.3 is 0 Å². The van der Waals surface area contributed by atoms with E-state index >= 15 is 0 Å². The second-order valence-electron chi connectivity index (χ2n) is 4.52. The number of hydrogen-bond donors (Lipinski definition) is 0. The smallest absolute Gasteiger partial charge is 0.163 e. The zero-order chi connectivity index (χ0) is 14.2. The molecule has 104 valence electrons. The van der Waals surface area contributed by atoms with Gasteiger partial charge in [0.1, 0.15) is 12.4 Å². The summed E-state index contributed by atoms with van der Waals surface area (Å²) in [5.41, 5.74) is 1.78. The molecule has 0 atom stereocenters. The van der Waals surface area contributed by atoms with Crippen LogP contribution in [0.1, 0.15) is 28.8 Å². The van der Waals surface area contributed by atoms with Crippen molar-refractivity contribution < 1.29 is 9.53 Å². The van der Waals surface area contributed by atoms with Crippen molar-refractivity contribution in [1.29, 1.82) is 0 Å². The van der Waals surface area contributed by atoms with E-state index in [1.807, 2.05) is 48.5 Å². The van der Waals surface area contributed by atoms with E-state index in [2.05, 4.69) is 0 Å². The number of rotatable bonds is 7. The van der Waals surface area contributed by atoms with Crippen molar-refractivity contribution in [2.45, 2.75) is 19.4 Å². The van der Waals surface area contributed by atoms with Gasteiger partial charge < -0.3 is 4.74 Å². The van der Waals surface area contributed by atoms with Crippen LogP contribution in [0.4, 0.5) is 0 Å². The third-order valence-electron chi connectivity index (χ3n) is 2.94. The third-order valence-corrected chi connectivity index (χ3v) is 3.21. The van der Waals surface area contributed by atoms with Gasteiger partial charge in [-0.15, -0.1) is 11.6 Å². The number of alkyl halides is 1. The number of carbonyl (C=O) groups excluding carboxylic acids is 1. The second-order valence-corrected chi connectivity index (χ2v) is 4.90. The van der Waals surface area contributed by atoms with E-state index in [1.54, 1.807) is 6.07 Å². The molecule has 2 rings (SSSR count). The predicted octanol–water partition coefficient (Wildman–Crippen LogP) is 4.47. The summed E-state index contributed by atoms with van der Waals surface area (Å²) < 4.78 is 5.71. The monoisotopic (exact) mass is 288 g/mol. The molecule has 0 bridgehead atoms. The Labute approximate surface area is 124 Å². The highest BCUT2D eigenvalue weighted by molar-refractivity contribution is 6.18. The van der Waals surface area contributed by atoms with E-state index in [0.717, 1.165) is 5.56 Å².